The number of aromatic nitrogens is 3. The van der Waals surface area contributed by atoms with Crippen LogP contribution in [-0.2, 0) is 13.1 Å². The third-order valence-electron chi connectivity index (χ3n) is 5.32. The largest absolute Gasteiger partial charge is 0.505 e. The molecule has 4 rings (SSSR count). The van der Waals surface area contributed by atoms with Gasteiger partial charge in [0.2, 0.25) is 0 Å². The van der Waals surface area contributed by atoms with Crippen LogP contribution in [0.2, 0.25) is 5.02 Å². The molecular weight excluding hydrogens is 486 g/mol. The van der Waals surface area contributed by atoms with Crippen LogP contribution in [0, 0.1) is 5.82 Å². The molecule has 0 bridgehead atoms. The van der Waals surface area contributed by atoms with E-state index in [1.807, 2.05) is 0 Å². The molecule has 0 atom stereocenters. The minimum atomic E-state index is -4.71. The number of hydrogen-bond acceptors (Lipinski definition) is 5. The molecule has 0 saturated heterocycles. The zero-order chi connectivity index (χ0) is 24.9. The molecule has 9 nitrogen and oxygen atoms in total. The van der Waals surface area contributed by atoms with E-state index >= 15 is 0 Å². The number of fused-ring (bicyclic) bond motifs is 3. The molecule has 2 N–H and O–H groups in total. The highest BCUT2D eigenvalue weighted by Crippen LogP contribution is 2.34. The SMILES string of the molecule is CN1CCn2c(c(O)c3c(=O)n(Cc4ccc(F)c(Cl)c4)nc(C(=O)NCC(F)(F)F)c32)C1=O. The Labute approximate surface area is 193 Å². The van der Waals surface area contributed by atoms with Crippen molar-refractivity contribution in [1.29, 1.82) is 0 Å². The Kier molecular flexibility index (Phi) is 5.75. The summed E-state index contributed by atoms with van der Waals surface area (Å²) in [6.07, 6.45) is -4.71. The fraction of sp³-hybridized carbons (Fsp3) is 0.300. The van der Waals surface area contributed by atoms with Gasteiger partial charge in [0.25, 0.3) is 17.4 Å². The van der Waals surface area contributed by atoms with Gasteiger partial charge in [-0.15, -0.1) is 0 Å². The Hall–Kier alpha value is -3.61. The summed E-state index contributed by atoms with van der Waals surface area (Å²) in [5.74, 6) is -3.33. The highest BCUT2D eigenvalue weighted by Gasteiger charge is 2.35. The topological polar surface area (TPSA) is 109 Å². The van der Waals surface area contributed by atoms with Crippen molar-refractivity contribution in [2.45, 2.75) is 19.3 Å². The number of hydrogen-bond donors (Lipinski definition) is 2. The predicted molar refractivity (Wildman–Crippen MR) is 112 cm³/mol. The summed E-state index contributed by atoms with van der Waals surface area (Å²) in [4.78, 5) is 39.8. The summed E-state index contributed by atoms with van der Waals surface area (Å²) in [6, 6.07) is 3.55. The van der Waals surface area contributed by atoms with Crippen molar-refractivity contribution in [2.24, 2.45) is 0 Å². The van der Waals surface area contributed by atoms with Crippen LogP contribution < -0.4 is 10.9 Å². The molecule has 0 unspecified atom stereocenters. The van der Waals surface area contributed by atoms with E-state index in [0.717, 1.165) is 10.7 Å². The predicted octanol–water partition coefficient (Wildman–Crippen LogP) is 2.12. The molecule has 1 aliphatic rings. The fourth-order valence-corrected chi connectivity index (χ4v) is 3.91. The van der Waals surface area contributed by atoms with Crippen LogP contribution in [0.15, 0.2) is 23.0 Å². The standard InChI is InChI=1S/C20H16ClF4N5O4/c1-28-4-5-29-14-12(16(31)15(29)19(28)34)18(33)30(7-9-2-3-11(22)10(21)6-9)27-13(14)17(32)26-8-20(23,24)25/h2-3,6,31H,4-5,7-8H2,1H3,(H,26,32). The summed E-state index contributed by atoms with van der Waals surface area (Å²) in [5.41, 5.74) is -1.74. The van der Waals surface area contributed by atoms with Gasteiger partial charge in [-0.05, 0) is 17.7 Å². The fourth-order valence-electron chi connectivity index (χ4n) is 3.70. The first-order valence-electron chi connectivity index (χ1n) is 9.79. The number of rotatable bonds is 4. The Morgan fingerprint density at radius 1 is 1.26 bits per heavy atom. The minimum Gasteiger partial charge on any atom is -0.505 e. The van der Waals surface area contributed by atoms with Crippen molar-refractivity contribution in [2.75, 3.05) is 20.1 Å². The van der Waals surface area contributed by atoms with Crippen LogP contribution >= 0.6 is 11.6 Å². The maximum absolute atomic E-state index is 13.5. The highest BCUT2D eigenvalue weighted by atomic mass is 35.5. The molecule has 3 heterocycles. The van der Waals surface area contributed by atoms with Crippen molar-refractivity contribution >= 4 is 34.3 Å². The summed E-state index contributed by atoms with van der Waals surface area (Å²) in [7, 11) is 1.47. The number of carbonyl (C=O) groups excluding carboxylic acids is 2. The first kappa shape index (κ1) is 23.5. The van der Waals surface area contributed by atoms with Gasteiger partial charge in [-0.25, -0.2) is 9.07 Å². The second kappa shape index (κ2) is 8.31. The van der Waals surface area contributed by atoms with E-state index in [1.54, 1.807) is 5.32 Å². The Balaban J connectivity index is 1.94. The monoisotopic (exact) mass is 501 g/mol. The van der Waals surface area contributed by atoms with E-state index in [9.17, 15) is 37.1 Å². The molecule has 1 aliphatic heterocycles. The van der Waals surface area contributed by atoms with Crippen molar-refractivity contribution in [3.63, 3.8) is 0 Å². The van der Waals surface area contributed by atoms with E-state index < -0.39 is 52.7 Å². The quantitative estimate of drug-likeness (QED) is 0.532. The number of amides is 2. The second-order valence-electron chi connectivity index (χ2n) is 7.66. The summed E-state index contributed by atoms with van der Waals surface area (Å²) in [6.45, 7) is -1.78. The van der Waals surface area contributed by atoms with Crippen LogP contribution in [-0.4, -0.2) is 62.5 Å². The van der Waals surface area contributed by atoms with Crippen LogP contribution in [0.3, 0.4) is 0 Å². The molecule has 0 saturated carbocycles. The van der Waals surface area contributed by atoms with Crippen molar-refractivity contribution < 1.29 is 32.3 Å². The van der Waals surface area contributed by atoms with Gasteiger partial charge in [-0.1, -0.05) is 17.7 Å². The smallest absolute Gasteiger partial charge is 0.405 e. The molecule has 2 aromatic heterocycles. The van der Waals surface area contributed by atoms with E-state index in [4.69, 9.17) is 11.6 Å². The normalized spacial score (nSPS) is 13.9. The van der Waals surface area contributed by atoms with Crippen LogP contribution in [0.5, 0.6) is 5.75 Å². The van der Waals surface area contributed by atoms with Gasteiger partial charge in [-0.3, -0.25) is 14.4 Å². The summed E-state index contributed by atoms with van der Waals surface area (Å²) in [5, 5.41) is 15.7. The number of likely N-dealkylation sites (N-methyl/N-ethyl adjacent to an activating group) is 1. The zero-order valence-electron chi connectivity index (χ0n) is 17.4. The van der Waals surface area contributed by atoms with Crippen LogP contribution in [0.4, 0.5) is 17.6 Å². The number of aromatic hydroxyl groups is 1. The Morgan fingerprint density at radius 3 is 2.62 bits per heavy atom. The van der Waals surface area contributed by atoms with Gasteiger partial charge < -0.3 is 19.9 Å². The number of benzene rings is 1. The number of halogens is 5. The number of nitrogens with zero attached hydrogens (tertiary/aromatic N) is 4. The van der Waals surface area contributed by atoms with Gasteiger partial charge in [0.1, 0.15) is 17.7 Å². The average Bonchev–Trinajstić information content (AvgIpc) is 3.06. The van der Waals surface area contributed by atoms with E-state index in [1.165, 1.54) is 28.6 Å². The molecule has 0 fully saturated rings. The lowest BCUT2D eigenvalue weighted by Crippen LogP contribution is -2.38. The minimum absolute atomic E-state index is 0.0624. The van der Waals surface area contributed by atoms with Gasteiger partial charge in [-0.2, -0.15) is 18.3 Å². The van der Waals surface area contributed by atoms with Gasteiger partial charge in [0.05, 0.1) is 17.1 Å². The average molecular weight is 502 g/mol. The molecule has 14 heteroatoms. The third-order valence-corrected chi connectivity index (χ3v) is 5.61. The first-order valence-corrected chi connectivity index (χ1v) is 10.2. The lowest BCUT2D eigenvalue weighted by atomic mass is 10.2. The lowest BCUT2D eigenvalue weighted by molar-refractivity contribution is -0.123. The Morgan fingerprint density at radius 2 is 1.97 bits per heavy atom. The van der Waals surface area contributed by atoms with E-state index in [0.29, 0.717) is 5.56 Å². The van der Waals surface area contributed by atoms with Crippen LogP contribution in [0.25, 0.3) is 10.9 Å². The van der Waals surface area contributed by atoms with Gasteiger partial charge in [0, 0.05) is 20.1 Å². The number of nitrogens with one attached hydrogen (secondary N) is 1. The zero-order valence-corrected chi connectivity index (χ0v) is 18.2. The maximum Gasteiger partial charge on any atom is 0.405 e. The molecule has 1 aromatic carbocycles. The molecule has 3 aromatic rings. The summed E-state index contributed by atoms with van der Waals surface area (Å²) >= 11 is 5.77. The molecule has 2 amide bonds. The Bertz CT molecular complexity index is 1400. The van der Waals surface area contributed by atoms with E-state index in [2.05, 4.69) is 5.10 Å². The molecule has 34 heavy (non-hydrogen) atoms. The molecular formula is C20H16ClF4N5O4. The van der Waals surface area contributed by atoms with E-state index in [-0.39, 0.29) is 35.9 Å². The summed E-state index contributed by atoms with van der Waals surface area (Å²) < 4.78 is 53.5. The third kappa shape index (κ3) is 4.06. The van der Waals surface area contributed by atoms with Crippen molar-refractivity contribution in [3.8, 4) is 5.75 Å². The second-order valence-corrected chi connectivity index (χ2v) is 8.06. The maximum atomic E-state index is 13.5. The molecule has 0 radical (unpaired) electrons. The van der Waals surface area contributed by atoms with Crippen LogP contribution in [0.1, 0.15) is 26.5 Å². The van der Waals surface area contributed by atoms with Gasteiger partial charge in [0.15, 0.2) is 17.1 Å². The number of carbonyl (C=O) groups is 2. The molecule has 0 spiro atoms. The van der Waals surface area contributed by atoms with Crippen molar-refractivity contribution in [1.82, 2.24) is 24.6 Å². The van der Waals surface area contributed by atoms with Crippen molar-refractivity contribution in [3.05, 3.63) is 56.3 Å². The molecule has 0 aliphatic carbocycles. The van der Waals surface area contributed by atoms with Gasteiger partial charge >= 0.3 is 6.18 Å². The number of alkyl halides is 3. The highest BCUT2D eigenvalue weighted by molar-refractivity contribution is 6.30. The first-order chi connectivity index (χ1) is 15.9. The lowest BCUT2D eigenvalue weighted by Gasteiger charge is -2.25. The molecule has 180 valence electrons.